The highest BCUT2D eigenvalue weighted by Gasteiger charge is 2.16. The SMILES string of the molecule is O=C(NCc1coc(-c2ccccc2)n1)c1cn(C[C@H]2CCCNC2)nn1. The number of aromatic nitrogens is 4. The van der Waals surface area contributed by atoms with E-state index >= 15 is 0 Å². The first-order valence-corrected chi connectivity index (χ1v) is 9.17. The number of oxazole rings is 1. The number of rotatable bonds is 6. The number of amides is 1. The molecule has 2 N–H and O–H groups in total. The topological polar surface area (TPSA) is 97.9 Å². The van der Waals surface area contributed by atoms with Crippen molar-refractivity contribution >= 4 is 5.91 Å². The quantitative estimate of drug-likeness (QED) is 0.691. The summed E-state index contributed by atoms with van der Waals surface area (Å²) < 4.78 is 7.22. The maximum atomic E-state index is 12.3. The lowest BCUT2D eigenvalue weighted by Gasteiger charge is -2.22. The molecule has 0 radical (unpaired) electrons. The molecule has 4 rings (SSSR count). The van der Waals surface area contributed by atoms with E-state index in [2.05, 4.69) is 25.9 Å². The van der Waals surface area contributed by atoms with E-state index in [1.807, 2.05) is 30.3 Å². The van der Waals surface area contributed by atoms with Crippen LogP contribution in [0.2, 0.25) is 0 Å². The third-order valence-corrected chi connectivity index (χ3v) is 4.62. The summed E-state index contributed by atoms with van der Waals surface area (Å²) in [5.74, 6) is 0.794. The van der Waals surface area contributed by atoms with E-state index in [-0.39, 0.29) is 12.5 Å². The summed E-state index contributed by atoms with van der Waals surface area (Å²) in [4.78, 5) is 16.7. The molecule has 0 bridgehead atoms. The van der Waals surface area contributed by atoms with E-state index in [4.69, 9.17) is 4.42 Å². The number of hydrogen-bond acceptors (Lipinski definition) is 6. The van der Waals surface area contributed by atoms with Gasteiger partial charge in [0.15, 0.2) is 5.69 Å². The van der Waals surface area contributed by atoms with Crippen molar-refractivity contribution in [3.05, 3.63) is 54.2 Å². The Balaban J connectivity index is 1.31. The lowest BCUT2D eigenvalue weighted by Crippen LogP contribution is -2.32. The molecule has 1 aliphatic rings. The van der Waals surface area contributed by atoms with Crippen LogP contribution in [0, 0.1) is 5.92 Å². The Morgan fingerprint density at radius 2 is 2.22 bits per heavy atom. The Kier molecular flexibility index (Phi) is 5.24. The Hall–Kier alpha value is -3.00. The molecule has 1 saturated heterocycles. The van der Waals surface area contributed by atoms with Crippen molar-refractivity contribution < 1.29 is 9.21 Å². The first-order chi connectivity index (χ1) is 13.3. The van der Waals surface area contributed by atoms with Gasteiger partial charge in [-0.05, 0) is 44.0 Å². The zero-order chi connectivity index (χ0) is 18.5. The molecule has 0 unspecified atom stereocenters. The summed E-state index contributed by atoms with van der Waals surface area (Å²) in [6, 6.07) is 9.63. The Morgan fingerprint density at radius 3 is 3.04 bits per heavy atom. The van der Waals surface area contributed by atoms with E-state index in [9.17, 15) is 4.79 Å². The molecule has 140 valence electrons. The standard InChI is InChI=1S/C19H22N6O2/c26-18(17-12-25(24-23-17)11-14-5-4-8-20-9-14)21-10-16-13-27-19(22-16)15-6-2-1-3-7-15/h1-3,6-7,12-14,20H,4-5,8-11H2,(H,21,26)/t14-/m0/s1. The molecule has 0 aliphatic carbocycles. The van der Waals surface area contributed by atoms with Crippen LogP contribution in [0.4, 0.5) is 0 Å². The second-order valence-electron chi connectivity index (χ2n) is 6.73. The molecule has 0 saturated carbocycles. The molecule has 2 aromatic heterocycles. The Bertz CT molecular complexity index is 883. The van der Waals surface area contributed by atoms with Gasteiger partial charge in [-0.2, -0.15) is 0 Å². The number of nitrogens with one attached hydrogen (secondary N) is 2. The van der Waals surface area contributed by atoms with Crippen LogP contribution in [-0.2, 0) is 13.1 Å². The summed E-state index contributed by atoms with van der Waals surface area (Å²) in [5.41, 5.74) is 1.86. The van der Waals surface area contributed by atoms with E-state index in [0.717, 1.165) is 25.2 Å². The summed E-state index contributed by atoms with van der Waals surface area (Å²) >= 11 is 0. The number of nitrogens with zero attached hydrogens (tertiary/aromatic N) is 4. The summed E-state index contributed by atoms with van der Waals surface area (Å²) in [6.45, 7) is 3.11. The smallest absolute Gasteiger partial charge is 0.273 e. The number of benzene rings is 1. The predicted octanol–water partition coefficient (Wildman–Crippen LogP) is 1.86. The lowest BCUT2D eigenvalue weighted by atomic mass is 10.00. The second kappa shape index (κ2) is 8.13. The fourth-order valence-corrected chi connectivity index (χ4v) is 3.20. The highest BCUT2D eigenvalue weighted by molar-refractivity contribution is 5.91. The highest BCUT2D eigenvalue weighted by atomic mass is 16.3. The van der Waals surface area contributed by atoms with E-state index in [1.54, 1.807) is 17.1 Å². The van der Waals surface area contributed by atoms with Gasteiger partial charge < -0.3 is 15.1 Å². The second-order valence-corrected chi connectivity index (χ2v) is 6.73. The van der Waals surface area contributed by atoms with Crippen molar-refractivity contribution in [1.82, 2.24) is 30.6 Å². The zero-order valence-electron chi connectivity index (χ0n) is 15.0. The third kappa shape index (κ3) is 4.40. The minimum absolute atomic E-state index is 0.271. The van der Waals surface area contributed by atoms with Crippen LogP contribution in [0.1, 0.15) is 29.0 Å². The van der Waals surface area contributed by atoms with E-state index in [1.165, 1.54) is 12.8 Å². The van der Waals surface area contributed by atoms with Gasteiger partial charge in [0.2, 0.25) is 5.89 Å². The van der Waals surface area contributed by atoms with Crippen LogP contribution in [0.5, 0.6) is 0 Å². The summed E-state index contributed by atoms with van der Waals surface area (Å²) in [7, 11) is 0. The molecule has 0 spiro atoms. The first-order valence-electron chi connectivity index (χ1n) is 9.17. The minimum atomic E-state index is -0.271. The molecular weight excluding hydrogens is 344 g/mol. The van der Waals surface area contributed by atoms with E-state index < -0.39 is 0 Å². The van der Waals surface area contributed by atoms with Crippen molar-refractivity contribution in [2.75, 3.05) is 13.1 Å². The van der Waals surface area contributed by atoms with Gasteiger partial charge in [0.05, 0.1) is 18.4 Å². The monoisotopic (exact) mass is 366 g/mol. The summed E-state index contributed by atoms with van der Waals surface area (Å²) in [5, 5.41) is 14.2. The van der Waals surface area contributed by atoms with Crippen molar-refractivity contribution in [2.24, 2.45) is 5.92 Å². The number of piperidine rings is 1. The van der Waals surface area contributed by atoms with Gasteiger partial charge in [0, 0.05) is 12.1 Å². The predicted molar refractivity (Wildman–Crippen MR) is 98.7 cm³/mol. The lowest BCUT2D eigenvalue weighted by molar-refractivity contribution is 0.0945. The molecule has 8 nitrogen and oxygen atoms in total. The van der Waals surface area contributed by atoms with Gasteiger partial charge in [-0.25, -0.2) is 4.98 Å². The third-order valence-electron chi connectivity index (χ3n) is 4.62. The van der Waals surface area contributed by atoms with Crippen LogP contribution < -0.4 is 10.6 Å². The number of carbonyl (C=O) groups is 1. The largest absolute Gasteiger partial charge is 0.444 e. The molecule has 1 aliphatic heterocycles. The normalized spacial score (nSPS) is 17.0. The fraction of sp³-hybridized carbons (Fsp3) is 0.368. The van der Waals surface area contributed by atoms with Crippen LogP contribution in [0.25, 0.3) is 11.5 Å². The van der Waals surface area contributed by atoms with Crippen molar-refractivity contribution in [3.8, 4) is 11.5 Å². The Labute approximate surface area is 157 Å². The van der Waals surface area contributed by atoms with Gasteiger partial charge in [-0.1, -0.05) is 23.4 Å². The highest BCUT2D eigenvalue weighted by Crippen LogP contribution is 2.17. The maximum Gasteiger partial charge on any atom is 0.273 e. The molecule has 1 amide bonds. The first kappa shape index (κ1) is 17.4. The fourth-order valence-electron chi connectivity index (χ4n) is 3.20. The number of carbonyl (C=O) groups excluding carboxylic acids is 1. The van der Waals surface area contributed by atoms with Crippen LogP contribution >= 0.6 is 0 Å². The van der Waals surface area contributed by atoms with Crippen molar-refractivity contribution in [2.45, 2.75) is 25.9 Å². The molecule has 8 heteroatoms. The van der Waals surface area contributed by atoms with E-state index in [0.29, 0.717) is 23.2 Å². The molecule has 27 heavy (non-hydrogen) atoms. The molecular formula is C19H22N6O2. The zero-order valence-corrected chi connectivity index (χ0v) is 15.0. The van der Waals surface area contributed by atoms with Gasteiger partial charge in [0.25, 0.3) is 5.91 Å². The van der Waals surface area contributed by atoms with Crippen molar-refractivity contribution in [1.29, 1.82) is 0 Å². The van der Waals surface area contributed by atoms with Gasteiger partial charge in [-0.3, -0.25) is 9.48 Å². The van der Waals surface area contributed by atoms with Gasteiger partial charge in [0.1, 0.15) is 6.26 Å². The van der Waals surface area contributed by atoms with Gasteiger partial charge in [-0.15, -0.1) is 5.10 Å². The van der Waals surface area contributed by atoms with Gasteiger partial charge >= 0.3 is 0 Å². The summed E-state index contributed by atoms with van der Waals surface area (Å²) in [6.07, 6.45) is 5.59. The number of hydrogen-bond donors (Lipinski definition) is 2. The van der Waals surface area contributed by atoms with Crippen LogP contribution in [0.3, 0.4) is 0 Å². The minimum Gasteiger partial charge on any atom is -0.444 e. The maximum absolute atomic E-state index is 12.3. The molecule has 1 fully saturated rings. The van der Waals surface area contributed by atoms with Crippen molar-refractivity contribution in [3.63, 3.8) is 0 Å². The molecule has 3 aromatic rings. The van der Waals surface area contributed by atoms with Crippen LogP contribution in [0.15, 0.2) is 47.2 Å². The molecule has 1 aromatic carbocycles. The average Bonchev–Trinajstić information content (AvgIpc) is 3.37. The Morgan fingerprint density at radius 1 is 1.33 bits per heavy atom. The molecule has 3 heterocycles. The average molecular weight is 366 g/mol. The van der Waals surface area contributed by atoms with Crippen LogP contribution in [-0.4, -0.2) is 39.0 Å². The molecule has 1 atom stereocenters.